The van der Waals surface area contributed by atoms with Gasteiger partial charge >= 0.3 is 51.4 Å². The van der Waals surface area contributed by atoms with Crippen molar-refractivity contribution >= 4 is 11.0 Å². The van der Waals surface area contributed by atoms with Gasteiger partial charge in [0.15, 0.2) is 0 Å². The van der Waals surface area contributed by atoms with Gasteiger partial charge in [0.05, 0.1) is 0 Å². The Morgan fingerprint density at radius 1 is 1.22 bits per heavy atom. The number of hydrogen-bond acceptors (Lipinski definition) is 3. The Labute approximate surface area is 100 Å². The van der Waals surface area contributed by atoms with E-state index in [1.165, 1.54) is 12.8 Å². The minimum atomic E-state index is -2.86. The van der Waals surface area contributed by atoms with Gasteiger partial charge in [-0.15, -0.1) is 0 Å². The van der Waals surface area contributed by atoms with E-state index in [-0.39, 0.29) is 51.4 Å². The molecule has 0 aromatic rings. The molecule has 0 bridgehead atoms. The van der Waals surface area contributed by atoms with Crippen molar-refractivity contribution in [3.63, 3.8) is 0 Å². The Hall–Kier alpha value is 1.55. The average Bonchev–Trinajstić information content (AvgIpc) is 1.65. The topological polar surface area (TPSA) is 54.4 Å². The van der Waals surface area contributed by atoms with Gasteiger partial charge in [0.25, 0.3) is 0 Å². The second-order valence-corrected chi connectivity index (χ2v) is 1.65. The molecule has 0 atom stereocenters. The van der Waals surface area contributed by atoms with E-state index in [0.29, 0.717) is 0 Å². The van der Waals surface area contributed by atoms with Crippen molar-refractivity contribution in [3.8, 4) is 0 Å². The summed E-state index contributed by atoms with van der Waals surface area (Å²) in [4.78, 5) is 0. The molecule has 0 rings (SSSR count). The van der Waals surface area contributed by atoms with Crippen molar-refractivity contribution in [2.45, 2.75) is 26.7 Å². The average molecular weight is 178 g/mol. The molecule has 52 valence electrons. The maximum Gasteiger partial charge on any atom is 1.00 e. The van der Waals surface area contributed by atoms with Crippen molar-refractivity contribution in [1.82, 2.24) is 0 Å². The predicted octanol–water partition coefficient (Wildman–Crippen LogP) is -1.42. The molecule has 0 aromatic carbocycles. The summed E-state index contributed by atoms with van der Waals surface area (Å²) in [5.74, 6) is 0. The van der Waals surface area contributed by atoms with Crippen LogP contribution in [0.15, 0.2) is 0 Å². The fourth-order valence-electron chi connectivity index (χ4n) is 0. The maximum atomic E-state index is 8.56. The fraction of sp³-hybridized carbons (Fsp3) is 1.00. The zero-order valence-corrected chi connectivity index (χ0v) is 10.0. The van der Waals surface area contributed by atoms with Crippen LogP contribution >= 0.6 is 0 Å². The Morgan fingerprint density at radius 3 is 1.33 bits per heavy atom. The first kappa shape index (κ1) is 16.9. The van der Waals surface area contributed by atoms with Crippen LogP contribution in [0.5, 0.6) is 0 Å². The Kier molecular flexibility index (Phi) is 30.5. The second-order valence-electron chi connectivity index (χ2n) is 1.22. The molecular formula is C4H11KO3S. The summed E-state index contributed by atoms with van der Waals surface area (Å²) in [6.45, 7) is 4.36. The first-order valence-electron chi connectivity index (χ1n) is 2.43. The summed E-state index contributed by atoms with van der Waals surface area (Å²) in [5.41, 5.74) is 0. The zero-order chi connectivity index (χ0) is 6.99. The standard InChI is InChI=1S/C4H10.K.HO3S/c1-3-4-2;;1-4(2)3/h3-4H2,1-2H3;;(H,1,2,3)/q;+1;-1. The molecule has 0 spiro atoms. The molecular weight excluding hydrogens is 167 g/mol. The minimum Gasteiger partial charge on any atom is -0.439 e. The van der Waals surface area contributed by atoms with Crippen LogP contribution in [0.3, 0.4) is 0 Å². The molecule has 1 N–H and O–H groups in total. The van der Waals surface area contributed by atoms with Gasteiger partial charge in [0, 0.05) is 11.0 Å². The van der Waals surface area contributed by atoms with Crippen molar-refractivity contribution in [2.75, 3.05) is 0 Å². The molecule has 0 saturated heterocycles. The largest absolute Gasteiger partial charge is 1.00 e. The Bertz CT molecular complexity index is 81.8. The summed E-state index contributed by atoms with van der Waals surface area (Å²) < 4.78 is 24.1. The molecule has 0 radical (unpaired) electrons. The van der Waals surface area contributed by atoms with Crippen molar-refractivity contribution in [3.05, 3.63) is 0 Å². The van der Waals surface area contributed by atoms with Gasteiger partial charge in [-0.3, -0.25) is 0 Å². The van der Waals surface area contributed by atoms with Gasteiger partial charge in [-0.1, -0.05) is 26.7 Å². The van der Waals surface area contributed by atoms with Gasteiger partial charge in [-0.2, -0.15) is 0 Å². The predicted molar refractivity (Wildman–Crippen MR) is 31.9 cm³/mol. The third-order valence-electron chi connectivity index (χ3n) is 0.500. The molecule has 0 fully saturated rings. The summed E-state index contributed by atoms with van der Waals surface area (Å²) in [7, 11) is -2.86. The van der Waals surface area contributed by atoms with E-state index in [1.54, 1.807) is 0 Å². The number of hydrogen-bond donors (Lipinski definition) is 1. The monoisotopic (exact) mass is 178 g/mol. The van der Waals surface area contributed by atoms with Crippen LogP contribution < -0.4 is 51.4 Å². The maximum absolute atomic E-state index is 8.56. The van der Waals surface area contributed by atoms with Crippen molar-refractivity contribution in [2.24, 2.45) is 0 Å². The molecule has 3 nitrogen and oxygen atoms in total. The van der Waals surface area contributed by atoms with E-state index in [2.05, 4.69) is 13.8 Å². The first-order chi connectivity index (χ1) is 3.65. The summed E-state index contributed by atoms with van der Waals surface area (Å²) in [5, 5.41) is 0. The van der Waals surface area contributed by atoms with Crippen LogP contribution in [0.2, 0.25) is 0 Å². The molecule has 0 saturated carbocycles. The molecule has 0 amide bonds. The molecule has 5 heteroatoms. The van der Waals surface area contributed by atoms with E-state index in [4.69, 9.17) is 13.0 Å². The van der Waals surface area contributed by atoms with Crippen LogP contribution in [0.25, 0.3) is 0 Å². The van der Waals surface area contributed by atoms with Gasteiger partial charge in [-0.05, 0) is 0 Å². The van der Waals surface area contributed by atoms with Gasteiger partial charge in [0.1, 0.15) is 0 Å². The van der Waals surface area contributed by atoms with Crippen molar-refractivity contribution in [1.29, 1.82) is 0 Å². The van der Waals surface area contributed by atoms with Crippen LogP contribution in [0, 0.1) is 0 Å². The fourth-order valence-corrected chi connectivity index (χ4v) is 0. The molecule has 0 aromatic heterocycles. The summed E-state index contributed by atoms with van der Waals surface area (Å²) in [6.07, 6.45) is 2.64. The number of unbranched alkanes of at least 4 members (excludes halogenated alkanes) is 1. The van der Waals surface area contributed by atoms with Gasteiger partial charge in [0.2, 0.25) is 0 Å². The van der Waals surface area contributed by atoms with Crippen LogP contribution in [0.1, 0.15) is 26.7 Å². The van der Waals surface area contributed by atoms with E-state index in [1.807, 2.05) is 0 Å². The van der Waals surface area contributed by atoms with Crippen LogP contribution in [-0.4, -0.2) is 4.55 Å². The van der Waals surface area contributed by atoms with E-state index in [9.17, 15) is 0 Å². The number of rotatable bonds is 1. The van der Waals surface area contributed by atoms with E-state index < -0.39 is 11.0 Å². The smallest absolute Gasteiger partial charge is 0.439 e. The van der Waals surface area contributed by atoms with Crippen molar-refractivity contribution < 1.29 is 64.4 Å². The molecule has 0 aliphatic heterocycles. The quantitative estimate of drug-likeness (QED) is 0.232. The molecule has 9 heavy (non-hydrogen) atoms. The SMILES string of the molecule is CCCC.O=[S-](=O)O.[K+]. The third-order valence-corrected chi connectivity index (χ3v) is 0.500. The van der Waals surface area contributed by atoms with Gasteiger partial charge in [-0.25, -0.2) is 0 Å². The normalized spacial score (nSPS) is 7.11. The zero-order valence-electron chi connectivity index (χ0n) is 6.09. The summed E-state index contributed by atoms with van der Waals surface area (Å²) >= 11 is 0. The van der Waals surface area contributed by atoms with E-state index in [0.717, 1.165) is 0 Å². The van der Waals surface area contributed by atoms with E-state index >= 15 is 0 Å². The van der Waals surface area contributed by atoms with Crippen LogP contribution in [-0.2, 0) is 19.4 Å². The van der Waals surface area contributed by atoms with Crippen LogP contribution in [0.4, 0.5) is 0 Å². The summed E-state index contributed by atoms with van der Waals surface area (Å²) in [6, 6.07) is 0. The Morgan fingerprint density at radius 2 is 1.33 bits per heavy atom. The molecule has 0 heterocycles. The molecule has 0 unspecified atom stereocenters. The molecule has 0 aliphatic rings. The minimum absolute atomic E-state index is 0. The Balaban J connectivity index is -0.0000000720. The van der Waals surface area contributed by atoms with Gasteiger partial charge < -0.3 is 13.0 Å². The molecule has 0 aliphatic carbocycles. The third kappa shape index (κ3) is 83.8. The second kappa shape index (κ2) is 16.3. The first-order valence-corrected chi connectivity index (χ1v) is 3.46.